The first kappa shape index (κ1) is 22.2. The number of hydrogen-bond acceptors (Lipinski definition) is 4. The normalized spacial score (nSPS) is 11.0. The van der Waals surface area contributed by atoms with Crippen molar-refractivity contribution in [3.63, 3.8) is 0 Å². The van der Waals surface area contributed by atoms with Crippen LogP contribution in [0.4, 0.5) is 8.78 Å². The molecular formula is C20H20Cl2F2O4. The molecule has 0 radical (unpaired) electrons. The second kappa shape index (κ2) is 9.43. The minimum Gasteiger partial charge on any atom is -0.508 e. The molecule has 0 unspecified atom stereocenters. The van der Waals surface area contributed by atoms with Crippen molar-refractivity contribution < 1.29 is 28.2 Å². The maximum Gasteiger partial charge on any atom is 0.344 e. The Morgan fingerprint density at radius 2 is 1.89 bits per heavy atom. The van der Waals surface area contributed by atoms with Gasteiger partial charge in [-0.25, -0.2) is 13.6 Å². The lowest BCUT2D eigenvalue weighted by Gasteiger charge is -2.16. The van der Waals surface area contributed by atoms with Crippen molar-refractivity contribution in [3.8, 4) is 11.5 Å². The molecule has 0 aliphatic carbocycles. The molecule has 0 saturated carbocycles. The number of rotatable bonds is 7. The van der Waals surface area contributed by atoms with E-state index >= 15 is 0 Å². The summed E-state index contributed by atoms with van der Waals surface area (Å²) in [5.74, 6) is -2.87. The zero-order chi connectivity index (χ0) is 21.0. The van der Waals surface area contributed by atoms with E-state index in [0.717, 1.165) is 0 Å². The molecule has 8 heteroatoms. The maximum absolute atomic E-state index is 14.8. The molecule has 0 bridgehead atoms. The van der Waals surface area contributed by atoms with E-state index in [1.165, 1.54) is 18.2 Å². The summed E-state index contributed by atoms with van der Waals surface area (Å²) in [7, 11) is 0. The van der Waals surface area contributed by atoms with Gasteiger partial charge < -0.3 is 14.6 Å². The van der Waals surface area contributed by atoms with E-state index in [9.17, 15) is 18.7 Å². The summed E-state index contributed by atoms with van der Waals surface area (Å²) >= 11 is 12.3. The van der Waals surface area contributed by atoms with Gasteiger partial charge >= 0.3 is 5.97 Å². The van der Waals surface area contributed by atoms with Crippen LogP contribution in [0.3, 0.4) is 0 Å². The first-order chi connectivity index (χ1) is 13.2. The largest absolute Gasteiger partial charge is 0.508 e. The number of esters is 1. The lowest BCUT2D eigenvalue weighted by molar-refractivity contribution is -0.145. The Bertz CT molecular complexity index is 885. The number of phenolic OH excluding ortho intramolecular Hbond substituents is 1. The molecule has 0 saturated heterocycles. The van der Waals surface area contributed by atoms with Crippen molar-refractivity contribution in [1.29, 1.82) is 0 Å². The zero-order valence-corrected chi connectivity index (χ0v) is 17.1. The average Bonchev–Trinajstić information content (AvgIpc) is 2.62. The first-order valence-electron chi connectivity index (χ1n) is 8.62. The van der Waals surface area contributed by atoms with Gasteiger partial charge in [-0.3, -0.25) is 0 Å². The van der Waals surface area contributed by atoms with Crippen LogP contribution in [0.1, 0.15) is 43.4 Å². The van der Waals surface area contributed by atoms with Gasteiger partial charge in [0.05, 0.1) is 11.6 Å². The van der Waals surface area contributed by atoms with Crippen LogP contribution >= 0.6 is 23.2 Å². The third-order valence-electron chi connectivity index (χ3n) is 4.05. The molecule has 2 aromatic rings. The van der Waals surface area contributed by atoms with Crippen LogP contribution in [0, 0.1) is 11.6 Å². The van der Waals surface area contributed by atoms with E-state index in [1.807, 2.05) is 0 Å². The van der Waals surface area contributed by atoms with Crippen LogP contribution in [-0.4, -0.2) is 24.3 Å². The Kier molecular flexibility index (Phi) is 7.49. The summed E-state index contributed by atoms with van der Waals surface area (Å²) in [5.41, 5.74) is 0.549. The highest BCUT2D eigenvalue weighted by molar-refractivity contribution is 6.36. The van der Waals surface area contributed by atoms with E-state index in [4.69, 9.17) is 32.7 Å². The summed E-state index contributed by atoms with van der Waals surface area (Å²) in [4.78, 5) is 11.4. The fourth-order valence-electron chi connectivity index (χ4n) is 2.72. The highest BCUT2D eigenvalue weighted by Crippen LogP contribution is 2.37. The molecule has 0 aliphatic rings. The van der Waals surface area contributed by atoms with Gasteiger partial charge in [-0.2, -0.15) is 0 Å². The van der Waals surface area contributed by atoms with Gasteiger partial charge in [0, 0.05) is 23.1 Å². The number of carbonyl (C=O) groups excluding carboxylic acids is 1. The van der Waals surface area contributed by atoms with Crippen LogP contribution in [0.5, 0.6) is 11.5 Å². The summed E-state index contributed by atoms with van der Waals surface area (Å²) in [5, 5.41) is 9.61. The quantitative estimate of drug-likeness (QED) is 0.454. The Morgan fingerprint density at radius 1 is 1.21 bits per heavy atom. The predicted molar refractivity (Wildman–Crippen MR) is 104 cm³/mol. The first-order valence-corrected chi connectivity index (χ1v) is 9.37. The Morgan fingerprint density at radius 3 is 2.50 bits per heavy atom. The number of halogens is 4. The van der Waals surface area contributed by atoms with Gasteiger partial charge in [-0.15, -0.1) is 0 Å². The highest BCUT2D eigenvalue weighted by Gasteiger charge is 2.22. The molecule has 152 valence electrons. The number of carbonyl (C=O) groups is 1. The van der Waals surface area contributed by atoms with Crippen molar-refractivity contribution >= 4 is 29.2 Å². The number of hydrogen-bond donors (Lipinski definition) is 1. The molecule has 2 rings (SSSR count). The fraction of sp³-hybridized carbons (Fsp3) is 0.350. The summed E-state index contributed by atoms with van der Waals surface area (Å²) < 4.78 is 39.1. The van der Waals surface area contributed by atoms with Gasteiger partial charge in [0.2, 0.25) is 0 Å². The molecule has 0 aliphatic heterocycles. The molecule has 2 aromatic carbocycles. The van der Waals surface area contributed by atoms with E-state index in [0.29, 0.717) is 0 Å². The number of ether oxygens (including phenoxy) is 2. The van der Waals surface area contributed by atoms with Gasteiger partial charge in [-0.1, -0.05) is 43.1 Å². The predicted octanol–water partition coefficient (Wildman–Crippen LogP) is 5.63. The molecule has 0 fully saturated rings. The van der Waals surface area contributed by atoms with Crippen molar-refractivity contribution in [2.75, 3.05) is 13.2 Å². The van der Waals surface area contributed by atoms with Crippen molar-refractivity contribution in [2.45, 2.75) is 33.1 Å². The molecule has 28 heavy (non-hydrogen) atoms. The van der Waals surface area contributed by atoms with Gasteiger partial charge in [0.25, 0.3) is 0 Å². The summed E-state index contributed by atoms with van der Waals surface area (Å²) in [6.07, 6.45) is -0.0847. The van der Waals surface area contributed by atoms with Crippen molar-refractivity contribution in [3.05, 3.63) is 56.6 Å². The molecule has 0 atom stereocenters. The van der Waals surface area contributed by atoms with E-state index in [1.54, 1.807) is 20.8 Å². The summed E-state index contributed by atoms with van der Waals surface area (Å²) in [6.45, 7) is 4.80. The topological polar surface area (TPSA) is 55.8 Å². The summed E-state index contributed by atoms with van der Waals surface area (Å²) in [6, 6.07) is 3.95. The molecule has 4 nitrogen and oxygen atoms in total. The lowest BCUT2D eigenvalue weighted by Crippen LogP contribution is -2.15. The van der Waals surface area contributed by atoms with E-state index in [-0.39, 0.29) is 57.2 Å². The number of aromatic hydroxyl groups is 1. The van der Waals surface area contributed by atoms with Crippen LogP contribution in [-0.2, 0) is 16.0 Å². The SMILES string of the molecule is CCOC(=O)COc1cc(Cl)c(Cc2ccc(O)c(C(C)C)c2F)c(Cl)c1F. The lowest BCUT2D eigenvalue weighted by atomic mass is 9.95. The Balaban J connectivity index is 2.34. The fourth-order valence-corrected chi connectivity index (χ4v) is 3.29. The number of benzene rings is 2. The van der Waals surface area contributed by atoms with Crippen molar-refractivity contribution in [2.24, 2.45) is 0 Å². The van der Waals surface area contributed by atoms with Crippen molar-refractivity contribution in [1.82, 2.24) is 0 Å². The van der Waals surface area contributed by atoms with E-state index in [2.05, 4.69) is 0 Å². The van der Waals surface area contributed by atoms with Gasteiger partial charge in [0.15, 0.2) is 18.2 Å². The zero-order valence-electron chi connectivity index (χ0n) is 15.6. The maximum atomic E-state index is 14.8. The molecule has 0 aromatic heterocycles. The molecule has 1 N–H and O–H groups in total. The number of phenols is 1. The van der Waals surface area contributed by atoms with Crippen LogP contribution < -0.4 is 4.74 Å². The Hall–Kier alpha value is -2.05. The molecule has 0 amide bonds. The van der Waals surface area contributed by atoms with E-state index < -0.39 is 24.2 Å². The van der Waals surface area contributed by atoms with Crippen LogP contribution in [0.15, 0.2) is 18.2 Å². The minimum atomic E-state index is -0.909. The molecular weight excluding hydrogens is 413 g/mol. The van der Waals surface area contributed by atoms with Crippen LogP contribution in [0.2, 0.25) is 10.0 Å². The standard InChI is InChI=1S/C20H20Cl2F2O4/c1-4-27-16(26)9-28-15-8-13(21)12(18(22)20(15)24)7-11-5-6-14(25)17(10(2)3)19(11)23/h5-6,8,10,25H,4,7,9H2,1-3H3. The second-order valence-corrected chi connectivity index (χ2v) is 7.14. The Labute approximate surface area is 172 Å². The van der Waals surface area contributed by atoms with Gasteiger partial charge in [-0.05, 0) is 30.0 Å². The third kappa shape index (κ3) is 4.86. The average molecular weight is 433 g/mol. The van der Waals surface area contributed by atoms with Gasteiger partial charge in [0.1, 0.15) is 11.6 Å². The third-order valence-corrected chi connectivity index (χ3v) is 4.78. The smallest absolute Gasteiger partial charge is 0.344 e. The highest BCUT2D eigenvalue weighted by atomic mass is 35.5. The molecule has 0 heterocycles. The monoisotopic (exact) mass is 432 g/mol. The second-order valence-electron chi connectivity index (χ2n) is 6.36. The minimum absolute atomic E-state index is 0.0591. The molecule has 0 spiro atoms. The van der Waals surface area contributed by atoms with Crippen LogP contribution in [0.25, 0.3) is 0 Å².